The van der Waals surface area contributed by atoms with Gasteiger partial charge in [0.25, 0.3) is 12.3 Å². The smallest absolute Gasteiger partial charge is 0.271 e. The average molecular weight is 626 g/mol. The van der Waals surface area contributed by atoms with E-state index in [2.05, 4.69) is 22.2 Å². The van der Waals surface area contributed by atoms with Crippen molar-refractivity contribution < 1.29 is 18.4 Å². The van der Waals surface area contributed by atoms with Gasteiger partial charge in [0.1, 0.15) is 17.4 Å². The third-order valence-corrected chi connectivity index (χ3v) is 8.08. The number of nitrogens with two attached hydrogens (primary N) is 1. The zero-order chi connectivity index (χ0) is 30.9. The molecule has 5 N–H and O–H groups in total. The SMILES string of the molecule is C=CC(=O)N1CC(NC(=O)c2c(Cl)nc(CNC(=N)c3cc(C(C)(C)C)c(Cl)cc3N)n2[C@H]2CCN(CC(F)F)C2)C1. The van der Waals surface area contributed by atoms with Crippen molar-refractivity contribution in [2.75, 3.05) is 38.5 Å². The van der Waals surface area contributed by atoms with E-state index in [4.69, 9.17) is 34.3 Å². The van der Waals surface area contributed by atoms with Crippen LogP contribution in [0.3, 0.4) is 0 Å². The molecule has 0 spiro atoms. The molecule has 10 nitrogen and oxygen atoms in total. The second kappa shape index (κ2) is 12.6. The number of carbonyl (C=O) groups is 2. The molecule has 228 valence electrons. The maximum Gasteiger partial charge on any atom is 0.271 e. The van der Waals surface area contributed by atoms with E-state index in [-0.39, 0.29) is 59.7 Å². The minimum Gasteiger partial charge on any atom is -0.398 e. The van der Waals surface area contributed by atoms with E-state index in [1.807, 2.05) is 20.8 Å². The van der Waals surface area contributed by atoms with Crippen LogP contribution in [-0.4, -0.2) is 82.2 Å². The maximum absolute atomic E-state index is 13.4. The monoisotopic (exact) mass is 624 g/mol. The lowest BCUT2D eigenvalue weighted by atomic mass is 9.85. The molecule has 2 amide bonds. The maximum atomic E-state index is 13.4. The highest BCUT2D eigenvalue weighted by atomic mass is 35.5. The molecule has 1 aromatic heterocycles. The predicted octanol–water partition coefficient (Wildman–Crippen LogP) is 3.82. The number of nitrogens with zero attached hydrogens (tertiary/aromatic N) is 4. The summed E-state index contributed by atoms with van der Waals surface area (Å²) in [6.45, 7) is 10.5. The molecule has 2 fully saturated rings. The molecule has 3 heterocycles. The van der Waals surface area contributed by atoms with Crippen LogP contribution in [-0.2, 0) is 16.8 Å². The number of aromatic nitrogens is 2. The highest BCUT2D eigenvalue weighted by Crippen LogP contribution is 2.33. The number of rotatable bonds is 9. The molecule has 1 atom stereocenters. The van der Waals surface area contributed by atoms with Crippen LogP contribution < -0.4 is 16.4 Å². The fraction of sp³-hybridized carbons (Fsp3) is 0.500. The molecule has 0 unspecified atom stereocenters. The van der Waals surface area contributed by atoms with Crippen LogP contribution in [0.25, 0.3) is 0 Å². The van der Waals surface area contributed by atoms with E-state index in [1.165, 1.54) is 6.08 Å². The standard InChI is InChI=1S/C28H36Cl2F2N8O2/c1-5-23(41)39-11-15(12-39)36-27(42)24-25(30)37-22(40(24)16-6-7-38(13-16)14-21(31)32)10-35-26(34)17-8-18(28(2,3)4)19(29)9-20(17)33/h5,8-9,15-16,21H,1,6-7,10-14,33H2,2-4H3,(H2,34,35)(H,36,42)/t16-/m0/s1. The van der Waals surface area contributed by atoms with Crippen molar-refractivity contribution in [3.05, 3.63) is 57.6 Å². The van der Waals surface area contributed by atoms with Crippen LogP contribution >= 0.6 is 23.2 Å². The zero-order valence-electron chi connectivity index (χ0n) is 23.8. The molecule has 0 bridgehead atoms. The summed E-state index contributed by atoms with van der Waals surface area (Å²) in [7, 11) is 0. The van der Waals surface area contributed by atoms with Gasteiger partial charge < -0.3 is 25.8 Å². The molecular formula is C28H36Cl2F2N8O2. The van der Waals surface area contributed by atoms with Gasteiger partial charge in [0.2, 0.25) is 5.91 Å². The van der Waals surface area contributed by atoms with Gasteiger partial charge in [-0.05, 0) is 35.6 Å². The topological polar surface area (TPSA) is 132 Å². The van der Waals surface area contributed by atoms with Gasteiger partial charge in [0.15, 0.2) is 5.15 Å². The largest absolute Gasteiger partial charge is 0.398 e. The second-order valence-electron chi connectivity index (χ2n) is 11.6. The van der Waals surface area contributed by atoms with Gasteiger partial charge in [-0.2, -0.15) is 0 Å². The van der Waals surface area contributed by atoms with Crippen molar-refractivity contribution in [3.63, 3.8) is 0 Å². The number of halogens is 4. The van der Waals surface area contributed by atoms with Crippen LogP contribution in [0.5, 0.6) is 0 Å². The van der Waals surface area contributed by atoms with E-state index < -0.39 is 12.3 Å². The van der Waals surface area contributed by atoms with E-state index in [1.54, 1.807) is 26.5 Å². The fourth-order valence-electron chi connectivity index (χ4n) is 5.33. The number of carbonyl (C=O) groups excluding carboxylic acids is 2. The van der Waals surface area contributed by atoms with Crippen LogP contribution in [0.1, 0.15) is 60.7 Å². The lowest BCUT2D eigenvalue weighted by Crippen LogP contribution is -2.60. The van der Waals surface area contributed by atoms with Crippen molar-refractivity contribution in [2.24, 2.45) is 0 Å². The van der Waals surface area contributed by atoms with Crippen LogP contribution in [0.4, 0.5) is 14.5 Å². The van der Waals surface area contributed by atoms with E-state index in [0.29, 0.717) is 48.2 Å². The number of amides is 2. The number of alkyl halides is 2. The van der Waals surface area contributed by atoms with Gasteiger partial charge in [0.05, 0.1) is 19.1 Å². The van der Waals surface area contributed by atoms with Crippen molar-refractivity contribution >= 4 is 46.5 Å². The van der Waals surface area contributed by atoms with Gasteiger partial charge in [0, 0.05) is 48.5 Å². The molecular weight excluding hydrogens is 589 g/mol. The molecule has 4 rings (SSSR count). The first-order valence-electron chi connectivity index (χ1n) is 13.6. The van der Waals surface area contributed by atoms with Gasteiger partial charge in [-0.3, -0.25) is 19.9 Å². The van der Waals surface area contributed by atoms with E-state index >= 15 is 0 Å². The number of hydrogen-bond acceptors (Lipinski definition) is 6. The van der Waals surface area contributed by atoms with Gasteiger partial charge in [-0.15, -0.1) is 0 Å². The number of amidine groups is 1. The molecule has 1 aromatic carbocycles. The fourth-order valence-corrected chi connectivity index (χ4v) is 6.06. The van der Waals surface area contributed by atoms with E-state index in [9.17, 15) is 18.4 Å². The van der Waals surface area contributed by atoms with Crippen LogP contribution in [0, 0.1) is 5.41 Å². The summed E-state index contributed by atoms with van der Waals surface area (Å²) in [5, 5.41) is 15.1. The van der Waals surface area contributed by atoms with Gasteiger partial charge in [-0.1, -0.05) is 50.6 Å². The molecule has 2 aliphatic heterocycles. The Morgan fingerprint density at radius 2 is 1.95 bits per heavy atom. The summed E-state index contributed by atoms with van der Waals surface area (Å²) in [5.74, 6) is -0.299. The lowest BCUT2D eigenvalue weighted by Gasteiger charge is -2.39. The van der Waals surface area contributed by atoms with Crippen molar-refractivity contribution in [1.29, 1.82) is 5.41 Å². The Kier molecular flexibility index (Phi) is 9.49. The van der Waals surface area contributed by atoms with Gasteiger partial charge >= 0.3 is 0 Å². The highest BCUT2D eigenvalue weighted by molar-refractivity contribution is 6.32. The molecule has 42 heavy (non-hydrogen) atoms. The Hall–Kier alpha value is -3.22. The van der Waals surface area contributed by atoms with Gasteiger partial charge in [-0.25, -0.2) is 13.8 Å². The quantitative estimate of drug-likeness (QED) is 0.145. The molecule has 2 aromatic rings. The minimum absolute atomic E-state index is 0.0230. The third kappa shape index (κ3) is 6.87. The second-order valence-corrected chi connectivity index (χ2v) is 12.4. The molecule has 2 saturated heterocycles. The Bertz CT molecular complexity index is 1380. The Balaban J connectivity index is 1.58. The predicted molar refractivity (Wildman–Crippen MR) is 160 cm³/mol. The molecule has 14 heteroatoms. The first kappa shape index (κ1) is 31.7. The Morgan fingerprint density at radius 1 is 1.26 bits per heavy atom. The summed E-state index contributed by atoms with van der Waals surface area (Å²) in [5.41, 5.74) is 7.65. The van der Waals surface area contributed by atoms with Crippen molar-refractivity contribution in [2.45, 2.75) is 57.7 Å². The molecule has 0 radical (unpaired) electrons. The summed E-state index contributed by atoms with van der Waals surface area (Å²) >= 11 is 12.9. The number of likely N-dealkylation sites (tertiary alicyclic amines) is 2. The normalized spacial score (nSPS) is 17.8. The third-order valence-electron chi connectivity index (χ3n) is 7.51. The lowest BCUT2D eigenvalue weighted by molar-refractivity contribution is -0.130. The summed E-state index contributed by atoms with van der Waals surface area (Å²) in [4.78, 5) is 32.8. The first-order valence-corrected chi connectivity index (χ1v) is 14.4. The zero-order valence-corrected chi connectivity index (χ0v) is 25.3. The number of nitrogens with one attached hydrogen (secondary N) is 3. The van der Waals surface area contributed by atoms with Crippen molar-refractivity contribution in [1.82, 2.24) is 30.0 Å². The number of nitrogen functional groups attached to an aromatic ring is 1. The number of anilines is 1. The molecule has 2 aliphatic rings. The van der Waals surface area contributed by atoms with Crippen LogP contribution in [0.2, 0.25) is 10.2 Å². The summed E-state index contributed by atoms with van der Waals surface area (Å²) < 4.78 is 27.9. The summed E-state index contributed by atoms with van der Waals surface area (Å²) in [6.07, 6.45) is -0.760. The number of hydrogen-bond donors (Lipinski definition) is 4. The average Bonchev–Trinajstić information content (AvgIpc) is 3.45. The molecule has 0 aliphatic carbocycles. The summed E-state index contributed by atoms with van der Waals surface area (Å²) in [6, 6.07) is 2.78. The number of imidazole rings is 1. The Morgan fingerprint density at radius 3 is 2.57 bits per heavy atom. The Labute approximate surface area is 253 Å². The molecule has 0 saturated carbocycles. The number of benzene rings is 1. The van der Waals surface area contributed by atoms with Crippen molar-refractivity contribution in [3.8, 4) is 0 Å². The first-order chi connectivity index (χ1) is 19.7. The van der Waals surface area contributed by atoms with E-state index in [0.717, 1.165) is 5.56 Å². The highest BCUT2D eigenvalue weighted by Gasteiger charge is 2.36. The van der Waals surface area contributed by atoms with Crippen LogP contribution in [0.15, 0.2) is 24.8 Å². The minimum atomic E-state index is -2.48.